The lowest BCUT2D eigenvalue weighted by Gasteiger charge is -2.33. The largest absolute Gasteiger partial charge is 0.357 e. The number of halogens is 1. The molecule has 0 bridgehead atoms. The van der Waals surface area contributed by atoms with Crippen LogP contribution in [0.3, 0.4) is 0 Å². The van der Waals surface area contributed by atoms with E-state index in [1.165, 1.54) is 25.8 Å². The third-order valence-electron chi connectivity index (χ3n) is 6.15. The monoisotopic (exact) mass is 570 g/mol. The Hall–Kier alpha value is -1.88. The fraction of sp³-hybridized carbons (Fsp3) is 0.625. The summed E-state index contributed by atoms with van der Waals surface area (Å²) < 4.78 is 0. The molecule has 0 spiro atoms. The lowest BCUT2D eigenvalue weighted by molar-refractivity contribution is -0.123. The van der Waals surface area contributed by atoms with Crippen LogP contribution in [0, 0.1) is 0 Å². The molecule has 0 aliphatic carbocycles. The van der Waals surface area contributed by atoms with E-state index in [9.17, 15) is 9.59 Å². The third kappa shape index (κ3) is 8.77. The van der Waals surface area contributed by atoms with Crippen molar-refractivity contribution in [2.24, 2.45) is 4.99 Å². The van der Waals surface area contributed by atoms with Crippen molar-refractivity contribution < 1.29 is 9.59 Å². The molecule has 184 valence electrons. The van der Waals surface area contributed by atoms with E-state index >= 15 is 0 Å². The molecule has 0 radical (unpaired) electrons. The zero-order valence-electron chi connectivity index (χ0n) is 19.9. The van der Waals surface area contributed by atoms with Crippen molar-refractivity contribution in [3.63, 3.8) is 0 Å². The SMILES string of the molecule is CCNC(=NCc1ccc(C(=O)N2CCNC(=O)C2)cc1)NCCCN1CCCCC1C.I. The summed E-state index contributed by atoms with van der Waals surface area (Å²) in [6, 6.07) is 8.21. The van der Waals surface area contributed by atoms with Gasteiger partial charge in [-0.3, -0.25) is 9.59 Å². The number of carbonyl (C=O) groups excluding carboxylic acids is 2. The minimum Gasteiger partial charge on any atom is -0.357 e. The van der Waals surface area contributed by atoms with Crippen molar-refractivity contribution in [3.05, 3.63) is 35.4 Å². The first kappa shape index (κ1) is 27.4. The van der Waals surface area contributed by atoms with Gasteiger partial charge in [-0.25, -0.2) is 4.99 Å². The van der Waals surface area contributed by atoms with Crippen LogP contribution < -0.4 is 16.0 Å². The molecule has 2 fully saturated rings. The molecular weight excluding hydrogens is 531 g/mol. The van der Waals surface area contributed by atoms with E-state index in [0.29, 0.717) is 31.2 Å². The maximum atomic E-state index is 12.6. The predicted octanol–water partition coefficient (Wildman–Crippen LogP) is 2.20. The molecular formula is C24H39IN6O2. The highest BCUT2D eigenvalue weighted by molar-refractivity contribution is 14.0. The fourth-order valence-electron chi connectivity index (χ4n) is 4.24. The van der Waals surface area contributed by atoms with Gasteiger partial charge in [-0.15, -0.1) is 24.0 Å². The van der Waals surface area contributed by atoms with Gasteiger partial charge in [0.1, 0.15) is 0 Å². The van der Waals surface area contributed by atoms with Crippen LogP contribution >= 0.6 is 24.0 Å². The Morgan fingerprint density at radius 1 is 1.18 bits per heavy atom. The first-order chi connectivity index (χ1) is 15.6. The van der Waals surface area contributed by atoms with Gasteiger partial charge in [-0.1, -0.05) is 18.6 Å². The van der Waals surface area contributed by atoms with Crippen LogP contribution in [0.25, 0.3) is 0 Å². The van der Waals surface area contributed by atoms with Crippen molar-refractivity contribution in [2.45, 2.75) is 52.1 Å². The zero-order valence-corrected chi connectivity index (χ0v) is 22.3. The summed E-state index contributed by atoms with van der Waals surface area (Å²) in [6.07, 6.45) is 5.09. The van der Waals surface area contributed by atoms with Crippen molar-refractivity contribution in [1.29, 1.82) is 0 Å². The fourth-order valence-corrected chi connectivity index (χ4v) is 4.24. The van der Waals surface area contributed by atoms with Crippen LogP contribution in [0.1, 0.15) is 55.5 Å². The second-order valence-electron chi connectivity index (χ2n) is 8.63. The average molecular weight is 571 g/mol. The molecule has 1 aromatic carbocycles. The first-order valence-electron chi connectivity index (χ1n) is 12.0. The van der Waals surface area contributed by atoms with E-state index in [1.54, 1.807) is 4.90 Å². The number of hydrogen-bond acceptors (Lipinski definition) is 4. The highest BCUT2D eigenvalue weighted by Crippen LogP contribution is 2.16. The highest BCUT2D eigenvalue weighted by atomic mass is 127. The molecule has 33 heavy (non-hydrogen) atoms. The van der Waals surface area contributed by atoms with Crippen LogP contribution in [-0.2, 0) is 11.3 Å². The Morgan fingerprint density at radius 3 is 2.67 bits per heavy atom. The molecule has 2 amide bonds. The maximum Gasteiger partial charge on any atom is 0.254 e. The third-order valence-corrected chi connectivity index (χ3v) is 6.15. The van der Waals surface area contributed by atoms with E-state index in [1.807, 2.05) is 24.3 Å². The highest BCUT2D eigenvalue weighted by Gasteiger charge is 2.22. The number of nitrogens with zero attached hydrogens (tertiary/aromatic N) is 3. The van der Waals surface area contributed by atoms with Crippen LogP contribution in [0.5, 0.6) is 0 Å². The van der Waals surface area contributed by atoms with Crippen molar-refractivity contribution >= 4 is 41.8 Å². The first-order valence-corrected chi connectivity index (χ1v) is 12.0. The molecule has 2 heterocycles. The standard InChI is InChI=1S/C24H38N6O2.HI/c1-3-25-24(27-12-6-15-29-14-5-4-7-19(29)2)28-17-20-8-10-21(11-9-20)23(32)30-16-13-26-22(31)18-30;/h8-11,19H,3-7,12-18H2,1-2H3,(H,26,31)(H2,25,27,28);1H. The van der Waals surface area contributed by atoms with E-state index in [0.717, 1.165) is 37.6 Å². The predicted molar refractivity (Wildman–Crippen MR) is 143 cm³/mol. The smallest absolute Gasteiger partial charge is 0.254 e. The number of piperazine rings is 1. The van der Waals surface area contributed by atoms with E-state index in [4.69, 9.17) is 0 Å². The van der Waals surface area contributed by atoms with Crippen LogP contribution in [-0.4, -0.2) is 79.4 Å². The zero-order chi connectivity index (χ0) is 22.8. The molecule has 9 heteroatoms. The van der Waals surface area contributed by atoms with E-state index < -0.39 is 0 Å². The van der Waals surface area contributed by atoms with Gasteiger partial charge in [0.2, 0.25) is 5.91 Å². The van der Waals surface area contributed by atoms with Crippen LogP contribution in [0.4, 0.5) is 0 Å². The van der Waals surface area contributed by atoms with Crippen LogP contribution in [0.15, 0.2) is 29.3 Å². The van der Waals surface area contributed by atoms with Gasteiger partial charge >= 0.3 is 0 Å². The Balaban J connectivity index is 0.00000385. The minimum absolute atomic E-state index is 0. The van der Waals surface area contributed by atoms with Gasteiger partial charge in [0.15, 0.2) is 5.96 Å². The Bertz CT molecular complexity index is 786. The quantitative estimate of drug-likeness (QED) is 0.193. The molecule has 1 atom stereocenters. The number of amides is 2. The second-order valence-corrected chi connectivity index (χ2v) is 8.63. The number of benzene rings is 1. The second kappa shape index (κ2) is 14.4. The van der Waals surface area contributed by atoms with Gasteiger partial charge in [-0.2, -0.15) is 0 Å². The molecule has 0 aromatic heterocycles. The van der Waals surface area contributed by atoms with Crippen molar-refractivity contribution in [1.82, 2.24) is 25.8 Å². The molecule has 2 saturated heterocycles. The Kier molecular flexibility index (Phi) is 11.9. The lowest BCUT2D eigenvalue weighted by atomic mass is 10.0. The molecule has 2 aliphatic rings. The number of guanidine groups is 1. The molecule has 1 aromatic rings. The Labute approximate surface area is 215 Å². The van der Waals surface area contributed by atoms with Gasteiger partial charge in [0.05, 0.1) is 13.1 Å². The number of nitrogens with one attached hydrogen (secondary N) is 3. The summed E-state index contributed by atoms with van der Waals surface area (Å²) in [5.41, 5.74) is 1.64. The normalized spacial score (nSPS) is 19.5. The summed E-state index contributed by atoms with van der Waals surface area (Å²) in [6.45, 7) is 10.2. The number of rotatable bonds is 8. The minimum atomic E-state index is -0.107. The molecule has 1 unspecified atom stereocenters. The van der Waals surface area contributed by atoms with Crippen LogP contribution in [0.2, 0.25) is 0 Å². The number of carbonyl (C=O) groups is 2. The van der Waals surface area contributed by atoms with E-state index in [-0.39, 0.29) is 42.3 Å². The summed E-state index contributed by atoms with van der Waals surface area (Å²) in [7, 11) is 0. The molecule has 3 rings (SSSR count). The van der Waals surface area contributed by atoms with Gasteiger partial charge < -0.3 is 25.8 Å². The van der Waals surface area contributed by atoms with Gasteiger partial charge in [0, 0.05) is 44.3 Å². The average Bonchev–Trinajstić information content (AvgIpc) is 2.81. The van der Waals surface area contributed by atoms with Crippen molar-refractivity contribution in [2.75, 3.05) is 45.8 Å². The lowest BCUT2D eigenvalue weighted by Crippen LogP contribution is -2.49. The molecule has 3 N–H and O–H groups in total. The number of aliphatic imine (C=N–C) groups is 1. The molecule has 0 saturated carbocycles. The summed E-state index contributed by atoms with van der Waals surface area (Å²) in [4.78, 5) is 33.0. The topological polar surface area (TPSA) is 89.1 Å². The number of hydrogen-bond donors (Lipinski definition) is 3. The molecule has 8 nitrogen and oxygen atoms in total. The Morgan fingerprint density at radius 2 is 1.97 bits per heavy atom. The van der Waals surface area contributed by atoms with E-state index in [2.05, 4.69) is 39.7 Å². The summed E-state index contributed by atoms with van der Waals surface area (Å²) in [5, 5.41) is 9.48. The van der Waals surface area contributed by atoms with Gasteiger partial charge in [-0.05, 0) is 57.4 Å². The maximum absolute atomic E-state index is 12.6. The summed E-state index contributed by atoms with van der Waals surface area (Å²) >= 11 is 0. The van der Waals surface area contributed by atoms with Crippen molar-refractivity contribution in [3.8, 4) is 0 Å². The molecule has 2 aliphatic heterocycles. The number of piperidine rings is 1. The summed E-state index contributed by atoms with van der Waals surface area (Å²) in [5.74, 6) is 0.607. The van der Waals surface area contributed by atoms with Gasteiger partial charge in [0.25, 0.3) is 5.91 Å². The number of likely N-dealkylation sites (tertiary alicyclic amines) is 1.